The van der Waals surface area contributed by atoms with Gasteiger partial charge in [-0.2, -0.15) is 5.10 Å². The van der Waals surface area contributed by atoms with Crippen molar-refractivity contribution in [2.75, 3.05) is 5.32 Å². The van der Waals surface area contributed by atoms with Crippen molar-refractivity contribution in [1.29, 1.82) is 0 Å². The Morgan fingerprint density at radius 2 is 1.89 bits per heavy atom. The number of amides is 1. The third-order valence-electron chi connectivity index (χ3n) is 3.59. The highest BCUT2D eigenvalue weighted by molar-refractivity contribution is 5.96. The van der Waals surface area contributed by atoms with Crippen molar-refractivity contribution in [2.24, 2.45) is 0 Å². The van der Waals surface area contributed by atoms with Gasteiger partial charge < -0.3 is 10.1 Å². The van der Waals surface area contributed by atoms with Gasteiger partial charge in [-0.1, -0.05) is 0 Å². The van der Waals surface area contributed by atoms with Crippen LogP contribution in [0, 0.1) is 10.1 Å². The Labute approximate surface area is 155 Å². The lowest BCUT2D eigenvalue weighted by Gasteiger charge is -2.15. The Hall–Kier alpha value is -3.49. The van der Waals surface area contributed by atoms with E-state index in [4.69, 9.17) is 4.74 Å². The molecule has 2 rings (SSSR count). The molecule has 0 bridgehead atoms. The van der Waals surface area contributed by atoms with E-state index < -0.39 is 22.9 Å². The topological polar surface area (TPSA) is 116 Å². The quantitative estimate of drug-likeness (QED) is 0.346. The van der Waals surface area contributed by atoms with Crippen LogP contribution in [-0.4, -0.2) is 32.7 Å². The van der Waals surface area contributed by atoms with Gasteiger partial charge >= 0.3 is 5.97 Å². The van der Waals surface area contributed by atoms with E-state index in [1.807, 2.05) is 13.8 Å². The van der Waals surface area contributed by atoms with Crippen LogP contribution in [0.25, 0.3) is 6.08 Å². The van der Waals surface area contributed by atoms with Crippen molar-refractivity contribution in [2.45, 2.75) is 32.9 Å². The summed E-state index contributed by atoms with van der Waals surface area (Å²) in [6.45, 7) is 5.31. The van der Waals surface area contributed by atoms with Gasteiger partial charge in [0.05, 0.1) is 11.1 Å². The second kappa shape index (κ2) is 8.75. The molecule has 0 aliphatic rings. The molecule has 1 aromatic carbocycles. The van der Waals surface area contributed by atoms with E-state index in [1.54, 1.807) is 16.9 Å². The molecule has 0 fully saturated rings. The molecular formula is C18H20N4O5. The average Bonchev–Trinajstić information content (AvgIpc) is 3.08. The SMILES string of the molecule is CC(C)n1nccc1NC(=O)[C@H](C)OC(=O)/C=C/c1ccc([N+](=O)[O-])cc1. The number of hydrogen-bond donors (Lipinski definition) is 1. The molecule has 0 aliphatic carbocycles. The number of ether oxygens (including phenoxy) is 1. The zero-order valence-corrected chi connectivity index (χ0v) is 15.2. The maximum atomic E-state index is 12.2. The smallest absolute Gasteiger partial charge is 0.331 e. The molecule has 1 amide bonds. The van der Waals surface area contributed by atoms with Gasteiger partial charge in [0.15, 0.2) is 6.10 Å². The number of aromatic nitrogens is 2. The van der Waals surface area contributed by atoms with Crippen LogP contribution < -0.4 is 5.32 Å². The van der Waals surface area contributed by atoms with E-state index in [1.165, 1.54) is 37.3 Å². The fraction of sp³-hybridized carbons (Fsp3) is 0.278. The molecule has 9 heteroatoms. The molecular weight excluding hydrogens is 352 g/mol. The number of benzene rings is 1. The number of nitro benzene ring substituents is 1. The molecule has 9 nitrogen and oxygen atoms in total. The van der Waals surface area contributed by atoms with Crippen molar-refractivity contribution >= 4 is 29.5 Å². The first-order valence-electron chi connectivity index (χ1n) is 8.25. The van der Waals surface area contributed by atoms with E-state index in [0.717, 1.165) is 6.08 Å². The molecule has 1 N–H and O–H groups in total. The zero-order valence-electron chi connectivity index (χ0n) is 15.2. The Balaban J connectivity index is 1.91. The highest BCUT2D eigenvalue weighted by Crippen LogP contribution is 2.14. The molecule has 1 aromatic heterocycles. The van der Waals surface area contributed by atoms with Crippen molar-refractivity contribution in [3.8, 4) is 0 Å². The van der Waals surface area contributed by atoms with Crippen LogP contribution in [0.2, 0.25) is 0 Å². The van der Waals surface area contributed by atoms with E-state index in [2.05, 4.69) is 10.4 Å². The number of hydrogen-bond acceptors (Lipinski definition) is 6. The molecule has 0 radical (unpaired) electrons. The maximum Gasteiger partial charge on any atom is 0.331 e. The molecule has 27 heavy (non-hydrogen) atoms. The van der Waals surface area contributed by atoms with Crippen molar-refractivity contribution in [3.05, 3.63) is 58.3 Å². The van der Waals surface area contributed by atoms with Crippen LogP contribution in [0.4, 0.5) is 11.5 Å². The lowest BCUT2D eigenvalue weighted by atomic mass is 10.2. The second-order valence-corrected chi connectivity index (χ2v) is 6.01. The molecule has 1 heterocycles. The van der Waals surface area contributed by atoms with Gasteiger partial charge in [-0.05, 0) is 44.5 Å². The summed E-state index contributed by atoms with van der Waals surface area (Å²) in [5.74, 6) is -0.665. The third kappa shape index (κ3) is 5.50. The molecule has 0 aliphatic heterocycles. The first-order valence-corrected chi connectivity index (χ1v) is 8.25. The normalized spacial score (nSPS) is 12.1. The summed E-state index contributed by atoms with van der Waals surface area (Å²) >= 11 is 0. The Morgan fingerprint density at radius 1 is 1.22 bits per heavy atom. The Kier molecular flexibility index (Phi) is 6.42. The van der Waals surface area contributed by atoms with Gasteiger partial charge in [-0.25, -0.2) is 9.48 Å². The molecule has 142 valence electrons. The summed E-state index contributed by atoms with van der Waals surface area (Å²) in [5, 5.41) is 17.4. The van der Waals surface area contributed by atoms with Crippen LogP contribution in [0.15, 0.2) is 42.6 Å². The molecule has 0 saturated heterocycles. The van der Waals surface area contributed by atoms with Crippen molar-refractivity contribution < 1.29 is 19.2 Å². The predicted octanol–water partition coefficient (Wildman–Crippen LogP) is 2.96. The molecule has 2 aromatic rings. The number of nitrogens with zero attached hydrogens (tertiary/aromatic N) is 3. The summed E-state index contributed by atoms with van der Waals surface area (Å²) in [7, 11) is 0. The minimum Gasteiger partial charge on any atom is -0.449 e. The van der Waals surface area contributed by atoms with Gasteiger partial charge in [0.2, 0.25) is 0 Å². The highest BCUT2D eigenvalue weighted by atomic mass is 16.6. The maximum absolute atomic E-state index is 12.2. The molecule has 0 saturated carbocycles. The van der Waals surface area contributed by atoms with Gasteiger partial charge in [-0.15, -0.1) is 0 Å². The monoisotopic (exact) mass is 372 g/mol. The van der Waals surface area contributed by atoms with Gasteiger partial charge in [-0.3, -0.25) is 14.9 Å². The number of esters is 1. The first kappa shape index (κ1) is 19.8. The van der Waals surface area contributed by atoms with Crippen molar-refractivity contribution in [1.82, 2.24) is 9.78 Å². The van der Waals surface area contributed by atoms with Crippen LogP contribution in [0.5, 0.6) is 0 Å². The lowest BCUT2D eigenvalue weighted by Crippen LogP contribution is -2.30. The van der Waals surface area contributed by atoms with E-state index >= 15 is 0 Å². The van der Waals surface area contributed by atoms with Crippen LogP contribution in [0.3, 0.4) is 0 Å². The second-order valence-electron chi connectivity index (χ2n) is 6.01. The predicted molar refractivity (Wildman–Crippen MR) is 98.9 cm³/mol. The standard InChI is InChI=1S/C18H20N4O5/c1-12(2)21-16(10-11-19-21)20-18(24)13(3)27-17(23)9-6-14-4-7-15(8-5-14)22(25)26/h4-13H,1-3H3,(H,20,24)/b9-6+/t13-/m0/s1. The number of carbonyl (C=O) groups excluding carboxylic acids is 2. The van der Waals surface area contributed by atoms with Crippen molar-refractivity contribution in [3.63, 3.8) is 0 Å². The number of carbonyl (C=O) groups is 2. The summed E-state index contributed by atoms with van der Waals surface area (Å²) in [6.07, 6.45) is 3.17. The van der Waals surface area contributed by atoms with Gasteiger partial charge in [0.1, 0.15) is 5.82 Å². The average molecular weight is 372 g/mol. The number of anilines is 1. The molecule has 1 atom stereocenters. The summed E-state index contributed by atoms with van der Waals surface area (Å²) in [6, 6.07) is 7.40. The number of nitro groups is 1. The largest absolute Gasteiger partial charge is 0.449 e. The van der Waals surface area contributed by atoms with E-state index in [9.17, 15) is 19.7 Å². The fourth-order valence-corrected chi connectivity index (χ4v) is 2.19. The van der Waals surface area contributed by atoms with Crippen LogP contribution >= 0.6 is 0 Å². The van der Waals surface area contributed by atoms with Crippen LogP contribution in [0.1, 0.15) is 32.4 Å². The highest BCUT2D eigenvalue weighted by Gasteiger charge is 2.18. The Morgan fingerprint density at radius 3 is 2.48 bits per heavy atom. The van der Waals surface area contributed by atoms with Gasteiger partial charge in [0.25, 0.3) is 11.6 Å². The van der Waals surface area contributed by atoms with Gasteiger partial charge in [0, 0.05) is 30.3 Å². The van der Waals surface area contributed by atoms with E-state index in [-0.39, 0.29) is 11.7 Å². The summed E-state index contributed by atoms with van der Waals surface area (Å²) in [5.41, 5.74) is 0.552. The van der Waals surface area contributed by atoms with E-state index in [0.29, 0.717) is 11.4 Å². The lowest BCUT2D eigenvalue weighted by molar-refractivity contribution is -0.384. The first-order chi connectivity index (χ1) is 12.8. The Bertz CT molecular complexity index is 855. The number of non-ortho nitro benzene ring substituents is 1. The third-order valence-corrected chi connectivity index (χ3v) is 3.59. The number of nitrogens with one attached hydrogen (secondary N) is 1. The summed E-state index contributed by atoms with van der Waals surface area (Å²) in [4.78, 5) is 34.1. The minimum atomic E-state index is -1.01. The minimum absolute atomic E-state index is 0.0411. The van der Waals surface area contributed by atoms with Crippen LogP contribution in [-0.2, 0) is 14.3 Å². The summed E-state index contributed by atoms with van der Waals surface area (Å²) < 4.78 is 6.71. The number of rotatable bonds is 7. The molecule has 0 spiro atoms. The molecule has 0 unspecified atom stereocenters. The zero-order chi connectivity index (χ0) is 20.0. The fourth-order valence-electron chi connectivity index (χ4n) is 2.19.